The van der Waals surface area contributed by atoms with Crippen LogP contribution in [0.15, 0.2) is 53.3 Å². The number of hydrogen-bond acceptors (Lipinski definition) is 2. The molecule has 16 heavy (non-hydrogen) atoms. The summed E-state index contributed by atoms with van der Waals surface area (Å²) < 4.78 is 0.712. The lowest BCUT2D eigenvalue weighted by Gasteiger charge is -2.04. The van der Waals surface area contributed by atoms with E-state index in [2.05, 4.69) is 26.2 Å². The smallest absolute Gasteiger partial charge is 0.257 e. The number of amides is 1. The highest BCUT2D eigenvalue weighted by Gasteiger charge is 2.05. The summed E-state index contributed by atoms with van der Waals surface area (Å²) in [5.74, 6) is -0.161. The van der Waals surface area contributed by atoms with Crippen LogP contribution < -0.4 is 5.32 Å². The van der Waals surface area contributed by atoms with Crippen LogP contribution in [0.5, 0.6) is 0 Å². The number of nitrogens with zero attached hydrogens (tertiary/aromatic N) is 1. The highest BCUT2D eigenvalue weighted by molar-refractivity contribution is 9.10. The van der Waals surface area contributed by atoms with Gasteiger partial charge >= 0.3 is 0 Å². The zero-order valence-electron chi connectivity index (χ0n) is 8.35. The minimum Gasteiger partial charge on any atom is -0.322 e. The first-order valence-corrected chi connectivity index (χ1v) is 5.53. The fraction of sp³-hybridized carbons (Fsp3) is 0. The van der Waals surface area contributed by atoms with Crippen molar-refractivity contribution in [3.8, 4) is 0 Å². The van der Waals surface area contributed by atoms with Crippen molar-refractivity contribution >= 4 is 27.5 Å². The summed E-state index contributed by atoms with van der Waals surface area (Å²) in [4.78, 5) is 15.8. The predicted molar refractivity (Wildman–Crippen MR) is 66.3 cm³/mol. The number of nitrogens with one attached hydrogen (secondary N) is 1. The lowest BCUT2D eigenvalue weighted by Crippen LogP contribution is -2.11. The van der Waals surface area contributed by atoms with Gasteiger partial charge in [-0.3, -0.25) is 4.79 Å². The molecule has 1 heterocycles. The molecular weight excluding hydrogens is 268 g/mol. The molecule has 0 saturated carbocycles. The van der Waals surface area contributed by atoms with Crippen molar-refractivity contribution in [2.45, 2.75) is 0 Å². The maximum Gasteiger partial charge on any atom is 0.257 e. The molecule has 1 N–H and O–H groups in total. The third-order valence-electron chi connectivity index (χ3n) is 2.02. The minimum absolute atomic E-state index is 0.161. The van der Waals surface area contributed by atoms with Gasteiger partial charge in [0, 0.05) is 11.9 Å². The zero-order valence-corrected chi connectivity index (χ0v) is 9.94. The normalized spacial score (nSPS) is 9.81. The molecule has 0 fully saturated rings. The standard InChI is InChI=1S/C12H9BrN2O/c13-11-7-6-9(8-14-11)12(16)15-10-4-2-1-3-5-10/h1-8H,(H,15,16). The van der Waals surface area contributed by atoms with Crippen molar-refractivity contribution in [3.05, 3.63) is 58.8 Å². The van der Waals surface area contributed by atoms with Gasteiger partial charge in [-0.25, -0.2) is 4.98 Å². The Morgan fingerprint density at radius 2 is 1.88 bits per heavy atom. The van der Waals surface area contributed by atoms with Crippen LogP contribution in [0.3, 0.4) is 0 Å². The molecule has 0 saturated heterocycles. The van der Waals surface area contributed by atoms with Crippen molar-refractivity contribution in [3.63, 3.8) is 0 Å². The Hall–Kier alpha value is -1.68. The Balaban J connectivity index is 2.12. The van der Waals surface area contributed by atoms with E-state index in [1.165, 1.54) is 6.20 Å². The average Bonchev–Trinajstić information content (AvgIpc) is 2.31. The van der Waals surface area contributed by atoms with E-state index < -0.39 is 0 Å². The van der Waals surface area contributed by atoms with Gasteiger partial charge in [0.15, 0.2) is 0 Å². The van der Waals surface area contributed by atoms with Gasteiger partial charge in [-0.2, -0.15) is 0 Å². The van der Waals surface area contributed by atoms with Gasteiger partial charge in [0.05, 0.1) is 5.56 Å². The van der Waals surface area contributed by atoms with Crippen LogP contribution in [0.4, 0.5) is 5.69 Å². The summed E-state index contributed by atoms with van der Waals surface area (Å²) in [5, 5.41) is 2.78. The number of aromatic nitrogens is 1. The van der Waals surface area contributed by atoms with Gasteiger partial charge in [0.1, 0.15) is 4.60 Å². The highest BCUT2D eigenvalue weighted by Crippen LogP contribution is 2.10. The number of carbonyl (C=O) groups excluding carboxylic acids is 1. The van der Waals surface area contributed by atoms with Crippen LogP contribution in [0, 0.1) is 0 Å². The molecule has 80 valence electrons. The summed E-state index contributed by atoms with van der Waals surface area (Å²) >= 11 is 3.22. The number of hydrogen-bond donors (Lipinski definition) is 1. The van der Waals surface area contributed by atoms with Gasteiger partial charge in [-0.15, -0.1) is 0 Å². The summed E-state index contributed by atoms with van der Waals surface area (Å²) in [6.45, 7) is 0. The van der Waals surface area contributed by atoms with E-state index in [9.17, 15) is 4.79 Å². The second kappa shape index (κ2) is 4.90. The Morgan fingerprint density at radius 1 is 1.12 bits per heavy atom. The average molecular weight is 277 g/mol. The Morgan fingerprint density at radius 3 is 2.50 bits per heavy atom. The molecule has 4 heteroatoms. The quantitative estimate of drug-likeness (QED) is 0.857. The van der Waals surface area contributed by atoms with E-state index in [0.717, 1.165) is 5.69 Å². The molecule has 0 bridgehead atoms. The third kappa shape index (κ3) is 2.67. The van der Waals surface area contributed by atoms with Crippen molar-refractivity contribution in [2.24, 2.45) is 0 Å². The molecule has 0 radical (unpaired) electrons. The number of pyridine rings is 1. The largest absolute Gasteiger partial charge is 0.322 e. The number of benzene rings is 1. The maximum absolute atomic E-state index is 11.8. The molecule has 2 aromatic rings. The number of anilines is 1. The van der Waals surface area contributed by atoms with E-state index in [-0.39, 0.29) is 5.91 Å². The fourth-order valence-corrected chi connectivity index (χ4v) is 1.47. The monoisotopic (exact) mass is 276 g/mol. The van der Waals surface area contributed by atoms with Crippen molar-refractivity contribution in [1.82, 2.24) is 4.98 Å². The predicted octanol–water partition coefficient (Wildman–Crippen LogP) is 3.10. The van der Waals surface area contributed by atoms with E-state index in [0.29, 0.717) is 10.2 Å². The van der Waals surface area contributed by atoms with Crippen LogP contribution in [0.25, 0.3) is 0 Å². The van der Waals surface area contributed by atoms with Gasteiger partial charge in [-0.1, -0.05) is 18.2 Å². The summed E-state index contributed by atoms with van der Waals surface area (Å²) in [6, 6.07) is 12.8. The second-order valence-corrected chi connectivity index (χ2v) is 4.00. The van der Waals surface area contributed by atoms with E-state index >= 15 is 0 Å². The van der Waals surface area contributed by atoms with Crippen LogP contribution in [-0.2, 0) is 0 Å². The van der Waals surface area contributed by atoms with Crippen LogP contribution in [0.2, 0.25) is 0 Å². The number of para-hydroxylation sites is 1. The molecule has 1 aromatic carbocycles. The van der Waals surface area contributed by atoms with Crippen LogP contribution >= 0.6 is 15.9 Å². The van der Waals surface area contributed by atoms with Gasteiger partial charge in [0.25, 0.3) is 5.91 Å². The SMILES string of the molecule is O=C(Nc1ccccc1)c1ccc(Br)nc1. The molecule has 0 aliphatic rings. The van der Waals surface area contributed by atoms with Crippen molar-refractivity contribution < 1.29 is 4.79 Å². The summed E-state index contributed by atoms with van der Waals surface area (Å²) in [5.41, 5.74) is 1.31. The molecule has 1 aromatic heterocycles. The Kier molecular flexibility index (Phi) is 3.31. The molecule has 0 aliphatic heterocycles. The van der Waals surface area contributed by atoms with Gasteiger partial charge in [-0.05, 0) is 40.2 Å². The zero-order chi connectivity index (χ0) is 11.4. The Labute approximate surface area is 102 Å². The topological polar surface area (TPSA) is 42.0 Å². The lowest BCUT2D eigenvalue weighted by molar-refractivity contribution is 0.102. The first-order chi connectivity index (χ1) is 7.75. The molecule has 2 rings (SSSR count). The molecule has 1 amide bonds. The van der Waals surface area contributed by atoms with E-state index in [4.69, 9.17) is 0 Å². The Bertz CT molecular complexity index is 482. The number of rotatable bonds is 2. The molecule has 3 nitrogen and oxygen atoms in total. The highest BCUT2D eigenvalue weighted by atomic mass is 79.9. The van der Waals surface area contributed by atoms with Gasteiger partial charge < -0.3 is 5.32 Å². The molecule has 0 aliphatic carbocycles. The molecular formula is C12H9BrN2O. The fourth-order valence-electron chi connectivity index (χ4n) is 1.23. The second-order valence-electron chi connectivity index (χ2n) is 3.19. The summed E-state index contributed by atoms with van der Waals surface area (Å²) in [6.07, 6.45) is 1.53. The summed E-state index contributed by atoms with van der Waals surface area (Å²) in [7, 11) is 0. The van der Waals surface area contributed by atoms with Crippen molar-refractivity contribution in [2.75, 3.05) is 5.32 Å². The molecule has 0 unspecified atom stereocenters. The maximum atomic E-state index is 11.8. The minimum atomic E-state index is -0.161. The van der Waals surface area contributed by atoms with Crippen molar-refractivity contribution in [1.29, 1.82) is 0 Å². The lowest BCUT2D eigenvalue weighted by atomic mass is 10.2. The number of halogens is 1. The molecule has 0 spiro atoms. The third-order valence-corrected chi connectivity index (χ3v) is 2.49. The van der Waals surface area contributed by atoms with E-state index in [1.807, 2.05) is 30.3 Å². The van der Waals surface area contributed by atoms with Crippen LogP contribution in [0.1, 0.15) is 10.4 Å². The first-order valence-electron chi connectivity index (χ1n) is 4.73. The van der Waals surface area contributed by atoms with Gasteiger partial charge in [0.2, 0.25) is 0 Å². The van der Waals surface area contributed by atoms with E-state index in [1.54, 1.807) is 12.1 Å². The number of carbonyl (C=O) groups is 1. The first kappa shape index (κ1) is 10.8. The molecule has 0 atom stereocenters. The van der Waals surface area contributed by atoms with Crippen LogP contribution in [-0.4, -0.2) is 10.9 Å².